The number of hydrogen-bond acceptors (Lipinski definition) is 3. The minimum Gasteiger partial charge on any atom is -0.481 e. The Bertz CT molecular complexity index is 481. The van der Waals surface area contributed by atoms with Gasteiger partial charge in [0.1, 0.15) is 0 Å². The molecule has 0 heterocycles. The Hall–Kier alpha value is -1.91. The van der Waals surface area contributed by atoms with E-state index < -0.39 is 5.97 Å². The van der Waals surface area contributed by atoms with Crippen molar-refractivity contribution in [2.75, 3.05) is 0 Å². The lowest BCUT2D eigenvalue weighted by atomic mass is 9.86. The van der Waals surface area contributed by atoms with Gasteiger partial charge >= 0.3 is 5.97 Å². The molecular formula is C18H28N2O3. The normalized spacial score (nSPS) is 17.8. The van der Waals surface area contributed by atoms with Crippen molar-refractivity contribution in [2.24, 2.45) is 11.0 Å². The third-order valence-corrected chi connectivity index (χ3v) is 4.11. The van der Waals surface area contributed by atoms with Crippen molar-refractivity contribution in [3.63, 3.8) is 0 Å². The van der Waals surface area contributed by atoms with E-state index in [1.807, 2.05) is 0 Å². The molecule has 5 nitrogen and oxygen atoms in total. The number of nitrogens with zero attached hydrogens (tertiary/aromatic N) is 1. The highest BCUT2D eigenvalue weighted by Crippen LogP contribution is 2.27. The summed E-state index contributed by atoms with van der Waals surface area (Å²) in [5.41, 5.74) is 4.94. The van der Waals surface area contributed by atoms with E-state index in [0.29, 0.717) is 18.8 Å². The number of carbonyl (C=O) groups is 2. The lowest BCUT2D eigenvalue weighted by Gasteiger charge is -2.20. The van der Waals surface area contributed by atoms with Gasteiger partial charge in [0, 0.05) is 12.8 Å². The van der Waals surface area contributed by atoms with Gasteiger partial charge < -0.3 is 5.11 Å². The second-order valence-corrected chi connectivity index (χ2v) is 6.20. The van der Waals surface area contributed by atoms with Gasteiger partial charge in [-0.25, -0.2) is 5.43 Å². The van der Waals surface area contributed by atoms with Crippen molar-refractivity contribution in [1.29, 1.82) is 0 Å². The number of aliphatic carboxylic acids is 1. The van der Waals surface area contributed by atoms with Crippen molar-refractivity contribution in [1.82, 2.24) is 5.43 Å². The molecule has 1 aliphatic carbocycles. The summed E-state index contributed by atoms with van der Waals surface area (Å²) in [4.78, 5) is 22.0. The number of allylic oxidation sites excluding steroid dienone is 3. The molecule has 0 aliphatic heterocycles. The van der Waals surface area contributed by atoms with Crippen LogP contribution in [-0.4, -0.2) is 23.2 Å². The predicted octanol–water partition coefficient (Wildman–Crippen LogP) is 3.82. The Morgan fingerprint density at radius 1 is 1.35 bits per heavy atom. The van der Waals surface area contributed by atoms with Crippen molar-refractivity contribution in [3.05, 3.63) is 23.8 Å². The van der Waals surface area contributed by atoms with Gasteiger partial charge in [-0.2, -0.15) is 5.10 Å². The smallest absolute Gasteiger partial charge is 0.303 e. The van der Waals surface area contributed by atoms with Crippen LogP contribution in [0.25, 0.3) is 0 Å². The van der Waals surface area contributed by atoms with Crippen molar-refractivity contribution in [3.8, 4) is 0 Å². The summed E-state index contributed by atoms with van der Waals surface area (Å²) < 4.78 is 0. The molecule has 1 atom stereocenters. The summed E-state index contributed by atoms with van der Waals surface area (Å²) in [5.74, 6) is -0.276. The topological polar surface area (TPSA) is 78.8 Å². The van der Waals surface area contributed by atoms with Gasteiger partial charge in [-0.15, -0.1) is 0 Å². The highest BCUT2D eigenvalue weighted by atomic mass is 16.4. The first kappa shape index (κ1) is 19.1. The number of carboxylic acid groups (broad SMARTS) is 1. The molecule has 128 valence electrons. The quantitative estimate of drug-likeness (QED) is 0.278. The molecule has 0 spiro atoms. The fraction of sp³-hybridized carbons (Fsp3) is 0.611. The summed E-state index contributed by atoms with van der Waals surface area (Å²) in [6, 6.07) is 0. The van der Waals surface area contributed by atoms with Crippen LogP contribution in [0.3, 0.4) is 0 Å². The van der Waals surface area contributed by atoms with Gasteiger partial charge in [0.25, 0.3) is 0 Å². The summed E-state index contributed by atoms with van der Waals surface area (Å²) in [6.45, 7) is 6.06. The molecule has 0 unspecified atom stereocenters. The lowest BCUT2D eigenvalue weighted by molar-refractivity contribution is -0.137. The second kappa shape index (κ2) is 10.8. The SMILES string of the molecule is C=C(C)[C@@H]1CC=C(/C=N/NC(=O)CCCCCCC(=O)O)CC1. The molecule has 0 saturated heterocycles. The number of rotatable bonds is 10. The molecule has 1 amide bonds. The van der Waals surface area contributed by atoms with Crippen LogP contribution < -0.4 is 5.43 Å². The largest absolute Gasteiger partial charge is 0.481 e. The van der Waals surface area contributed by atoms with E-state index in [-0.39, 0.29) is 12.3 Å². The maximum Gasteiger partial charge on any atom is 0.303 e. The molecule has 0 fully saturated rings. The second-order valence-electron chi connectivity index (χ2n) is 6.20. The highest BCUT2D eigenvalue weighted by Gasteiger charge is 2.13. The van der Waals surface area contributed by atoms with Gasteiger partial charge in [0.15, 0.2) is 0 Å². The predicted molar refractivity (Wildman–Crippen MR) is 92.2 cm³/mol. The number of unbranched alkanes of at least 4 members (excludes halogenated alkanes) is 3. The average molecular weight is 320 g/mol. The van der Waals surface area contributed by atoms with Crippen LogP contribution in [0.15, 0.2) is 28.9 Å². The lowest BCUT2D eigenvalue weighted by Crippen LogP contribution is -2.17. The molecule has 23 heavy (non-hydrogen) atoms. The minimum absolute atomic E-state index is 0.0873. The van der Waals surface area contributed by atoms with Crippen LogP contribution in [0, 0.1) is 5.92 Å². The Kier molecular flexibility index (Phi) is 8.95. The van der Waals surface area contributed by atoms with E-state index in [4.69, 9.17) is 5.11 Å². The number of nitrogens with one attached hydrogen (secondary N) is 1. The van der Waals surface area contributed by atoms with Crippen molar-refractivity contribution in [2.45, 2.75) is 64.7 Å². The molecule has 0 aromatic rings. The van der Waals surface area contributed by atoms with E-state index >= 15 is 0 Å². The monoisotopic (exact) mass is 320 g/mol. The number of hydrazone groups is 1. The molecule has 1 aliphatic rings. The highest BCUT2D eigenvalue weighted by molar-refractivity contribution is 5.81. The van der Waals surface area contributed by atoms with E-state index in [1.165, 1.54) is 5.57 Å². The number of carbonyl (C=O) groups excluding carboxylic acids is 1. The van der Waals surface area contributed by atoms with Gasteiger partial charge in [-0.3, -0.25) is 9.59 Å². The van der Waals surface area contributed by atoms with Gasteiger partial charge in [0.05, 0.1) is 6.21 Å². The van der Waals surface area contributed by atoms with Crippen LogP contribution in [0.2, 0.25) is 0 Å². The van der Waals surface area contributed by atoms with Gasteiger partial charge in [0.2, 0.25) is 5.91 Å². The summed E-state index contributed by atoms with van der Waals surface area (Å²) in [6.07, 6.45) is 10.8. The van der Waals surface area contributed by atoms with E-state index in [2.05, 4.69) is 30.1 Å². The third kappa shape index (κ3) is 8.96. The third-order valence-electron chi connectivity index (χ3n) is 4.11. The molecule has 5 heteroatoms. The molecule has 1 rings (SSSR count). The molecular weight excluding hydrogens is 292 g/mol. The number of amides is 1. The summed E-state index contributed by atoms with van der Waals surface area (Å²) in [7, 11) is 0. The number of carboxylic acids is 1. The first-order valence-electron chi connectivity index (χ1n) is 8.37. The van der Waals surface area contributed by atoms with Crippen LogP contribution in [0.5, 0.6) is 0 Å². The minimum atomic E-state index is -0.760. The summed E-state index contributed by atoms with van der Waals surface area (Å²) in [5, 5.41) is 12.5. The maximum absolute atomic E-state index is 11.6. The molecule has 0 saturated carbocycles. The maximum atomic E-state index is 11.6. The van der Waals surface area contributed by atoms with Crippen LogP contribution >= 0.6 is 0 Å². The molecule has 0 bridgehead atoms. The van der Waals surface area contributed by atoms with Crippen LogP contribution in [0.1, 0.15) is 64.7 Å². The summed E-state index contributed by atoms with van der Waals surface area (Å²) >= 11 is 0. The van der Waals surface area contributed by atoms with E-state index in [9.17, 15) is 9.59 Å². The Labute approximate surface area is 138 Å². The van der Waals surface area contributed by atoms with Crippen molar-refractivity contribution >= 4 is 18.1 Å². The zero-order chi connectivity index (χ0) is 17.1. The molecule has 0 radical (unpaired) electrons. The average Bonchev–Trinajstić information content (AvgIpc) is 2.51. The van der Waals surface area contributed by atoms with Gasteiger partial charge in [-0.05, 0) is 50.5 Å². The Morgan fingerprint density at radius 2 is 2.04 bits per heavy atom. The van der Waals surface area contributed by atoms with E-state index in [0.717, 1.165) is 44.1 Å². The van der Waals surface area contributed by atoms with Crippen LogP contribution in [-0.2, 0) is 9.59 Å². The first-order valence-corrected chi connectivity index (χ1v) is 8.37. The van der Waals surface area contributed by atoms with Crippen molar-refractivity contribution < 1.29 is 14.7 Å². The fourth-order valence-corrected chi connectivity index (χ4v) is 2.58. The first-order chi connectivity index (χ1) is 11.0. The fourth-order valence-electron chi connectivity index (χ4n) is 2.58. The van der Waals surface area contributed by atoms with Crippen LogP contribution in [0.4, 0.5) is 0 Å². The Balaban J connectivity index is 2.11. The number of hydrogen-bond donors (Lipinski definition) is 2. The van der Waals surface area contributed by atoms with E-state index in [1.54, 1.807) is 6.21 Å². The molecule has 0 aromatic heterocycles. The van der Waals surface area contributed by atoms with Gasteiger partial charge in [-0.1, -0.05) is 31.1 Å². The zero-order valence-corrected chi connectivity index (χ0v) is 14.0. The standard InChI is InChI=1S/C18H28N2O3/c1-14(2)16-11-9-15(10-12-16)13-19-20-17(21)7-5-3-4-6-8-18(22)23/h9,13,16H,1,3-8,10-12H2,2H3,(H,20,21)(H,22,23)/b19-13+/t16-/m1/s1. The molecule has 2 N–H and O–H groups in total. The zero-order valence-electron chi connectivity index (χ0n) is 14.0. The Morgan fingerprint density at radius 3 is 2.61 bits per heavy atom. The molecule has 0 aromatic carbocycles.